The molecule has 1 rings (SSSR count). The highest BCUT2D eigenvalue weighted by molar-refractivity contribution is 8.14. The molecule has 0 radical (unpaired) electrons. The molecule has 0 aromatic heterocycles. The third-order valence-electron chi connectivity index (χ3n) is 3.37. The number of carbonyl (C=O) groups is 3. The average molecular weight is 421 g/mol. The second-order valence-corrected chi connectivity index (χ2v) is 7.12. The lowest BCUT2D eigenvalue weighted by Crippen LogP contribution is -2.26. The van der Waals surface area contributed by atoms with Crippen molar-refractivity contribution in [3.63, 3.8) is 0 Å². The van der Waals surface area contributed by atoms with E-state index >= 15 is 0 Å². The van der Waals surface area contributed by atoms with Crippen LogP contribution in [0.25, 0.3) is 0 Å². The minimum absolute atomic E-state index is 0.0105. The summed E-state index contributed by atoms with van der Waals surface area (Å²) in [6.07, 6.45) is 6.61. The molecule has 0 atom stereocenters. The van der Waals surface area contributed by atoms with Gasteiger partial charge in [0.25, 0.3) is 0 Å². The summed E-state index contributed by atoms with van der Waals surface area (Å²) in [5.41, 5.74) is 1.66. The van der Waals surface area contributed by atoms with E-state index in [2.05, 4.69) is 29.2 Å². The lowest BCUT2D eigenvalue weighted by atomic mass is 10.2. The maximum Gasteiger partial charge on any atom is 0.230 e. The molecule has 8 heteroatoms. The van der Waals surface area contributed by atoms with Crippen molar-refractivity contribution in [2.24, 2.45) is 5.10 Å². The van der Waals surface area contributed by atoms with Gasteiger partial charge in [0.2, 0.25) is 11.8 Å². The molecule has 0 spiro atoms. The topological polar surface area (TPSA) is 90.9 Å². The van der Waals surface area contributed by atoms with E-state index in [4.69, 9.17) is 0 Å². The van der Waals surface area contributed by atoms with Crippen molar-refractivity contribution in [1.29, 1.82) is 0 Å². The molecule has 7 nitrogen and oxygen atoms in total. The predicted octanol–water partition coefficient (Wildman–Crippen LogP) is 4.17. The van der Waals surface area contributed by atoms with Crippen LogP contribution >= 0.6 is 11.8 Å². The second kappa shape index (κ2) is 16.4. The third-order valence-corrected chi connectivity index (χ3v) is 4.19. The summed E-state index contributed by atoms with van der Waals surface area (Å²) in [6.45, 7) is 11.3. The van der Waals surface area contributed by atoms with Crippen molar-refractivity contribution < 1.29 is 14.4 Å². The number of carbonyl (C=O) groups excluding carboxylic acids is 3. The third kappa shape index (κ3) is 14.1. The summed E-state index contributed by atoms with van der Waals surface area (Å²) in [7, 11) is 0. The van der Waals surface area contributed by atoms with Gasteiger partial charge >= 0.3 is 0 Å². The molecular weight excluding hydrogens is 388 g/mol. The number of nitrogens with one attached hydrogen (secondary N) is 2. The number of nitrogens with zero attached hydrogens (tertiary/aromatic N) is 2. The van der Waals surface area contributed by atoms with Crippen molar-refractivity contribution in [2.75, 3.05) is 22.6 Å². The van der Waals surface area contributed by atoms with Crippen LogP contribution in [0.2, 0.25) is 0 Å². The molecule has 0 heterocycles. The first-order chi connectivity index (χ1) is 13.8. The second-order valence-electron chi connectivity index (χ2n) is 5.97. The van der Waals surface area contributed by atoms with E-state index in [9.17, 15) is 14.4 Å². The van der Waals surface area contributed by atoms with Crippen LogP contribution in [0, 0.1) is 0 Å². The van der Waals surface area contributed by atoms with E-state index in [1.54, 1.807) is 17.4 Å². The van der Waals surface area contributed by atoms with Gasteiger partial charge in [0.15, 0.2) is 5.12 Å². The van der Waals surface area contributed by atoms with E-state index in [1.165, 1.54) is 13.8 Å². The largest absolute Gasteiger partial charge is 0.355 e. The zero-order valence-electron chi connectivity index (χ0n) is 17.7. The summed E-state index contributed by atoms with van der Waals surface area (Å²) in [4.78, 5) is 32.4. The Labute approximate surface area is 178 Å². The Balaban J connectivity index is 0.000000555. The average Bonchev–Trinajstić information content (AvgIpc) is 2.68. The van der Waals surface area contributed by atoms with Gasteiger partial charge in [0.05, 0.1) is 11.4 Å². The van der Waals surface area contributed by atoms with Gasteiger partial charge in [-0.15, -0.1) is 0 Å². The van der Waals surface area contributed by atoms with Crippen LogP contribution in [-0.2, 0) is 14.4 Å². The maximum absolute atomic E-state index is 11.0. The lowest BCUT2D eigenvalue weighted by Gasteiger charge is -2.13. The van der Waals surface area contributed by atoms with Gasteiger partial charge in [-0.1, -0.05) is 38.1 Å². The predicted molar refractivity (Wildman–Crippen MR) is 123 cm³/mol. The van der Waals surface area contributed by atoms with Crippen molar-refractivity contribution in [1.82, 2.24) is 5.32 Å². The smallest absolute Gasteiger partial charge is 0.230 e. The molecule has 0 bridgehead atoms. The summed E-state index contributed by atoms with van der Waals surface area (Å²) < 4.78 is 0. The minimum Gasteiger partial charge on any atom is -0.355 e. The SMILES string of the molecule is C=CN(/N=C\C)c1ccc(NC(C)=O)cc1.CCCCCNC(=O)CSC(C)=O. The molecule has 0 aliphatic carbocycles. The van der Waals surface area contributed by atoms with Gasteiger partial charge in [0.1, 0.15) is 0 Å². The Kier molecular flexibility index (Phi) is 14.9. The molecule has 2 amide bonds. The molecule has 160 valence electrons. The van der Waals surface area contributed by atoms with Gasteiger partial charge in [-0.25, -0.2) is 5.01 Å². The molecule has 0 saturated heterocycles. The number of benzene rings is 1. The van der Waals surface area contributed by atoms with E-state index in [-0.39, 0.29) is 22.7 Å². The molecule has 2 N–H and O–H groups in total. The van der Waals surface area contributed by atoms with E-state index < -0.39 is 0 Å². The van der Waals surface area contributed by atoms with Gasteiger partial charge in [-0.05, 0) is 37.6 Å². The van der Waals surface area contributed by atoms with Crippen molar-refractivity contribution in [3.8, 4) is 0 Å². The van der Waals surface area contributed by atoms with Crippen LogP contribution in [0.15, 0.2) is 42.1 Å². The molecular formula is C21H32N4O3S. The molecule has 0 aliphatic heterocycles. The van der Waals surface area contributed by atoms with E-state index in [0.717, 1.165) is 48.9 Å². The zero-order chi connectivity index (χ0) is 22.1. The fourth-order valence-electron chi connectivity index (χ4n) is 2.07. The summed E-state index contributed by atoms with van der Waals surface area (Å²) in [5, 5.41) is 11.2. The summed E-state index contributed by atoms with van der Waals surface area (Å²) >= 11 is 1.05. The number of unbranched alkanes of at least 4 members (excludes halogenated alkanes) is 2. The fourth-order valence-corrected chi connectivity index (χ4v) is 2.50. The maximum atomic E-state index is 11.0. The van der Waals surface area contributed by atoms with E-state index in [1.807, 2.05) is 31.2 Å². The molecule has 0 unspecified atom stereocenters. The quantitative estimate of drug-likeness (QED) is 0.337. The van der Waals surface area contributed by atoms with E-state index in [0.29, 0.717) is 0 Å². The number of hydrogen-bond acceptors (Lipinski definition) is 6. The van der Waals surface area contributed by atoms with Crippen molar-refractivity contribution >= 4 is 46.3 Å². The Morgan fingerprint density at radius 3 is 2.31 bits per heavy atom. The number of amides is 2. The van der Waals surface area contributed by atoms with Crippen LogP contribution < -0.4 is 15.6 Å². The number of anilines is 2. The van der Waals surface area contributed by atoms with Crippen LogP contribution in [0.4, 0.5) is 11.4 Å². The van der Waals surface area contributed by atoms with Gasteiger partial charge < -0.3 is 10.6 Å². The van der Waals surface area contributed by atoms with Gasteiger partial charge in [-0.2, -0.15) is 5.10 Å². The lowest BCUT2D eigenvalue weighted by molar-refractivity contribution is -0.119. The minimum atomic E-state index is -0.0834. The highest BCUT2D eigenvalue weighted by atomic mass is 32.2. The summed E-state index contributed by atoms with van der Waals surface area (Å²) in [6, 6.07) is 7.36. The Bertz CT molecular complexity index is 675. The monoisotopic (exact) mass is 420 g/mol. The summed E-state index contributed by atoms with van der Waals surface area (Å²) in [5.74, 6) is 0.123. The van der Waals surface area contributed by atoms with Crippen LogP contribution in [0.3, 0.4) is 0 Å². The number of thioether (sulfide) groups is 1. The fraction of sp³-hybridized carbons (Fsp3) is 0.429. The Morgan fingerprint density at radius 2 is 1.83 bits per heavy atom. The van der Waals surface area contributed by atoms with Crippen LogP contribution in [0.1, 0.15) is 47.0 Å². The molecule has 29 heavy (non-hydrogen) atoms. The first kappa shape index (κ1) is 26.4. The first-order valence-electron chi connectivity index (χ1n) is 9.52. The highest BCUT2D eigenvalue weighted by Gasteiger charge is 2.02. The van der Waals surface area contributed by atoms with Crippen LogP contribution in [-0.4, -0.2) is 35.4 Å². The molecule has 0 saturated carbocycles. The first-order valence-corrected chi connectivity index (χ1v) is 10.5. The standard InChI is InChI=1S/C12H15N3O.C9H17NO2S/c1-4-13-15(5-2)12-8-6-11(7-9-12)14-10(3)16;1-3-4-5-6-10-9(12)7-13-8(2)11/h4-9H,2H2,1,3H3,(H,14,16);3-7H2,1-2H3,(H,10,12)/b13-4-;. The Hall–Kier alpha value is -2.61. The molecule has 0 fully saturated rings. The highest BCUT2D eigenvalue weighted by Crippen LogP contribution is 2.18. The normalized spacial score (nSPS) is 9.93. The number of hydrazone groups is 1. The molecule has 1 aromatic carbocycles. The van der Waals surface area contributed by atoms with Crippen molar-refractivity contribution in [2.45, 2.75) is 47.0 Å². The zero-order valence-corrected chi connectivity index (χ0v) is 18.6. The van der Waals surface area contributed by atoms with Gasteiger partial charge in [-0.3, -0.25) is 14.4 Å². The number of hydrogen-bond donors (Lipinski definition) is 2. The van der Waals surface area contributed by atoms with Gasteiger partial charge in [0, 0.05) is 38.5 Å². The number of rotatable bonds is 10. The molecule has 1 aromatic rings. The Morgan fingerprint density at radius 1 is 1.17 bits per heavy atom. The van der Waals surface area contributed by atoms with Crippen LogP contribution in [0.5, 0.6) is 0 Å². The van der Waals surface area contributed by atoms with Crippen molar-refractivity contribution in [3.05, 3.63) is 37.0 Å². The molecule has 0 aliphatic rings.